The molecule has 1 heterocycles. The van der Waals surface area contributed by atoms with Crippen LogP contribution in [0.25, 0.3) is 0 Å². The van der Waals surface area contributed by atoms with Crippen LogP contribution in [0.15, 0.2) is 54.6 Å². The lowest BCUT2D eigenvalue weighted by atomic mass is 10.1. The van der Waals surface area contributed by atoms with Crippen LogP contribution in [0.1, 0.15) is 61.5 Å². The van der Waals surface area contributed by atoms with Crippen LogP contribution >= 0.6 is 0 Å². The fraction of sp³-hybridized carbons (Fsp3) is 0.500. The van der Waals surface area contributed by atoms with E-state index in [-0.39, 0.29) is 18.4 Å². The number of rotatable bonds is 10. The Morgan fingerprint density at radius 1 is 1.06 bits per heavy atom. The molecular weight excluding hydrogens is 392 g/mol. The van der Waals surface area contributed by atoms with Gasteiger partial charge < -0.3 is 18.9 Å². The molecule has 3 rings (SSSR count). The van der Waals surface area contributed by atoms with E-state index < -0.39 is 12.2 Å². The van der Waals surface area contributed by atoms with E-state index in [1.165, 1.54) is 5.56 Å². The summed E-state index contributed by atoms with van der Waals surface area (Å²) in [7, 11) is 0. The van der Waals surface area contributed by atoms with Gasteiger partial charge in [0.15, 0.2) is 6.29 Å². The Labute approximate surface area is 185 Å². The molecule has 1 fully saturated rings. The van der Waals surface area contributed by atoms with Gasteiger partial charge in [-0.3, -0.25) is 0 Å². The van der Waals surface area contributed by atoms with Gasteiger partial charge in [0.05, 0.1) is 18.8 Å². The van der Waals surface area contributed by atoms with Crippen LogP contribution in [0.5, 0.6) is 0 Å². The molecule has 5 nitrogen and oxygen atoms in total. The summed E-state index contributed by atoms with van der Waals surface area (Å²) >= 11 is 0. The molecule has 168 valence electrons. The summed E-state index contributed by atoms with van der Waals surface area (Å²) in [6, 6.07) is 17.5. The van der Waals surface area contributed by atoms with Gasteiger partial charge in [-0.1, -0.05) is 69.2 Å². The van der Waals surface area contributed by atoms with E-state index in [1.807, 2.05) is 25.1 Å². The van der Waals surface area contributed by atoms with Gasteiger partial charge in [0, 0.05) is 0 Å². The minimum absolute atomic E-state index is 0.305. The molecule has 0 N–H and O–H groups in total. The van der Waals surface area contributed by atoms with E-state index in [0.717, 1.165) is 31.2 Å². The molecule has 1 aliphatic rings. The Morgan fingerprint density at radius 3 is 2.58 bits per heavy atom. The third kappa shape index (κ3) is 6.89. The van der Waals surface area contributed by atoms with E-state index in [4.69, 9.17) is 18.9 Å². The maximum absolute atomic E-state index is 12.5. The first kappa shape index (κ1) is 23.5. The second-order valence-electron chi connectivity index (χ2n) is 8.05. The molecule has 0 radical (unpaired) electrons. The SMILES string of the molecule is CCCc1cccc(CO[C@@H]2CO[C@H](CCC)O[C@@H]2C(C)OC(=O)c2ccccc2)c1. The fourth-order valence-electron chi connectivity index (χ4n) is 3.79. The Bertz CT molecular complexity index is 806. The average molecular weight is 427 g/mol. The summed E-state index contributed by atoms with van der Waals surface area (Å²) < 4.78 is 24.0. The van der Waals surface area contributed by atoms with Crippen LogP contribution < -0.4 is 0 Å². The molecule has 5 heteroatoms. The van der Waals surface area contributed by atoms with Crippen molar-refractivity contribution in [2.75, 3.05) is 6.61 Å². The number of carbonyl (C=O) groups is 1. The highest BCUT2D eigenvalue weighted by Crippen LogP contribution is 2.24. The zero-order chi connectivity index (χ0) is 22.1. The maximum atomic E-state index is 12.5. The predicted octanol–water partition coefficient (Wildman–Crippen LogP) is 5.31. The molecule has 0 saturated carbocycles. The molecule has 1 saturated heterocycles. The van der Waals surface area contributed by atoms with Crippen molar-refractivity contribution in [3.05, 3.63) is 71.3 Å². The van der Waals surface area contributed by atoms with Crippen molar-refractivity contribution in [3.8, 4) is 0 Å². The standard InChI is InChI=1S/C26H34O5/c1-4-10-20-12-9-13-21(16-20)17-28-23-18-29-24(11-5-2)31-25(23)19(3)30-26(27)22-14-7-6-8-15-22/h6-9,12-16,19,23-25H,4-5,10-11,17-18H2,1-3H3/t19?,23-,24+,25-/m1/s1. The minimum atomic E-state index is -0.465. The number of hydrogen-bond acceptors (Lipinski definition) is 5. The lowest BCUT2D eigenvalue weighted by Crippen LogP contribution is -2.51. The van der Waals surface area contributed by atoms with Crippen LogP contribution in [0.2, 0.25) is 0 Å². The molecule has 0 spiro atoms. The maximum Gasteiger partial charge on any atom is 0.338 e. The van der Waals surface area contributed by atoms with E-state index >= 15 is 0 Å². The highest BCUT2D eigenvalue weighted by atomic mass is 16.7. The molecule has 0 bridgehead atoms. The summed E-state index contributed by atoms with van der Waals surface area (Å²) in [5, 5.41) is 0. The van der Waals surface area contributed by atoms with Crippen molar-refractivity contribution in [2.24, 2.45) is 0 Å². The Balaban J connectivity index is 1.65. The van der Waals surface area contributed by atoms with Crippen molar-refractivity contribution in [1.82, 2.24) is 0 Å². The van der Waals surface area contributed by atoms with Crippen LogP contribution in [-0.2, 0) is 32.0 Å². The normalized spacial score (nSPS) is 22.1. The number of carbonyl (C=O) groups excluding carboxylic acids is 1. The van der Waals surface area contributed by atoms with E-state index in [1.54, 1.807) is 12.1 Å². The molecule has 2 aromatic carbocycles. The van der Waals surface area contributed by atoms with Gasteiger partial charge in [0.25, 0.3) is 0 Å². The van der Waals surface area contributed by atoms with Crippen molar-refractivity contribution < 1.29 is 23.7 Å². The van der Waals surface area contributed by atoms with Crippen LogP contribution in [0.4, 0.5) is 0 Å². The summed E-state index contributed by atoms with van der Waals surface area (Å²) in [5.74, 6) is -0.360. The second kappa shape index (κ2) is 12.0. The Morgan fingerprint density at radius 2 is 1.84 bits per heavy atom. The lowest BCUT2D eigenvalue weighted by Gasteiger charge is -2.38. The third-order valence-corrected chi connectivity index (χ3v) is 5.41. The number of esters is 1. The largest absolute Gasteiger partial charge is 0.456 e. The van der Waals surface area contributed by atoms with Gasteiger partial charge in [-0.15, -0.1) is 0 Å². The molecule has 1 aliphatic heterocycles. The molecule has 1 unspecified atom stereocenters. The molecule has 0 amide bonds. The number of benzene rings is 2. The lowest BCUT2D eigenvalue weighted by molar-refractivity contribution is -0.280. The highest BCUT2D eigenvalue weighted by Gasteiger charge is 2.38. The number of aryl methyl sites for hydroxylation is 1. The van der Waals surface area contributed by atoms with Crippen molar-refractivity contribution in [3.63, 3.8) is 0 Å². The summed E-state index contributed by atoms with van der Waals surface area (Å²) in [5.41, 5.74) is 2.95. The topological polar surface area (TPSA) is 54.0 Å². The van der Waals surface area contributed by atoms with Crippen LogP contribution in [-0.4, -0.2) is 37.2 Å². The zero-order valence-corrected chi connectivity index (χ0v) is 18.8. The minimum Gasteiger partial charge on any atom is -0.456 e. The van der Waals surface area contributed by atoms with Crippen molar-refractivity contribution >= 4 is 5.97 Å². The summed E-state index contributed by atoms with van der Waals surface area (Å²) in [6.07, 6.45) is 2.43. The van der Waals surface area contributed by atoms with Crippen LogP contribution in [0, 0.1) is 0 Å². The first-order chi connectivity index (χ1) is 15.1. The molecule has 31 heavy (non-hydrogen) atoms. The molecule has 2 aromatic rings. The number of hydrogen-bond donors (Lipinski definition) is 0. The Hall–Kier alpha value is -2.21. The summed E-state index contributed by atoms with van der Waals surface area (Å²) in [6.45, 7) is 7.00. The molecule has 4 atom stereocenters. The smallest absolute Gasteiger partial charge is 0.338 e. The first-order valence-electron chi connectivity index (χ1n) is 11.3. The van der Waals surface area contributed by atoms with Gasteiger partial charge in [0.2, 0.25) is 0 Å². The van der Waals surface area contributed by atoms with Gasteiger partial charge >= 0.3 is 5.97 Å². The van der Waals surface area contributed by atoms with E-state index in [2.05, 4.69) is 38.1 Å². The number of ether oxygens (including phenoxy) is 4. The van der Waals surface area contributed by atoms with Crippen molar-refractivity contribution in [2.45, 2.75) is 77.7 Å². The van der Waals surface area contributed by atoms with E-state index in [0.29, 0.717) is 18.8 Å². The van der Waals surface area contributed by atoms with Gasteiger partial charge in [-0.05, 0) is 43.0 Å². The first-order valence-corrected chi connectivity index (χ1v) is 11.3. The van der Waals surface area contributed by atoms with E-state index in [9.17, 15) is 4.79 Å². The average Bonchev–Trinajstić information content (AvgIpc) is 2.79. The highest BCUT2D eigenvalue weighted by molar-refractivity contribution is 5.89. The Kier molecular flexibility index (Phi) is 9.07. The molecule has 0 aromatic heterocycles. The third-order valence-electron chi connectivity index (χ3n) is 5.41. The fourth-order valence-corrected chi connectivity index (χ4v) is 3.79. The molecular formula is C26H34O5. The van der Waals surface area contributed by atoms with Crippen molar-refractivity contribution in [1.29, 1.82) is 0 Å². The summed E-state index contributed by atoms with van der Waals surface area (Å²) in [4.78, 5) is 12.5. The van der Waals surface area contributed by atoms with Gasteiger partial charge in [0.1, 0.15) is 18.3 Å². The quantitative estimate of drug-likeness (QED) is 0.482. The van der Waals surface area contributed by atoms with Gasteiger partial charge in [-0.2, -0.15) is 0 Å². The zero-order valence-electron chi connectivity index (χ0n) is 18.8. The van der Waals surface area contributed by atoms with Crippen LogP contribution in [0.3, 0.4) is 0 Å². The molecule has 0 aliphatic carbocycles. The predicted molar refractivity (Wildman–Crippen MR) is 120 cm³/mol. The second-order valence-corrected chi connectivity index (χ2v) is 8.05. The monoisotopic (exact) mass is 426 g/mol. The van der Waals surface area contributed by atoms with Gasteiger partial charge in [-0.25, -0.2) is 4.79 Å².